The molecular formula is C19H24FN. The van der Waals surface area contributed by atoms with E-state index in [4.69, 9.17) is 0 Å². The zero-order valence-corrected chi connectivity index (χ0v) is 12.9. The highest BCUT2D eigenvalue weighted by molar-refractivity contribution is 5.30. The van der Waals surface area contributed by atoms with E-state index >= 15 is 0 Å². The van der Waals surface area contributed by atoms with Crippen LogP contribution < -0.4 is 5.32 Å². The van der Waals surface area contributed by atoms with Crippen molar-refractivity contribution in [1.29, 1.82) is 0 Å². The molecule has 0 radical (unpaired) electrons. The first-order valence-electron chi connectivity index (χ1n) is 7.71. The molecule has 0 heterocycles. The molecule has 0 spiro atoms. The van der Waals surface area contributed by atoms with Crippen LogP contribution in [0.2, 0.25) is 0 Å². The lowest BCUT2D eigenvalue weighted by Crippen LogP contribution is -2.40. The monoisotopic (exact) mass is 285 g/mol. The second kappa shape index (κ2) is 7.37. The number of benzene rings is 2. The van der Waals surface area contributed by atoms with Gasteiger partial charge in [-0.2, -0.15) is 0 Å². The minimum atomic E-state index is -0.109. The van der Waals surface area contributed by atoms with Crippen LogP contribution in [0.5, 0.6) is 0 Å². The quantitative estimate of drug-likeness (QED) is 0.798. The molecule has 1 N–H and O–H groups in total. The molecule has 0 fully saturated rings. The van der Waals surface area contributed by atoms with E-state index in [2.05, 4.69) is 43.4 Å². The van der Waals surface area contributed by atoms with Gasteiger partial charge in [0.15, 0.2) is 0 Å². The summed E-state index contributed by atoms with van der Waals surface area (Å²) in [6.07, 6.45) is 1.69. The summed E-state index contributed by atoms with van der Waals surface area (Å²) in [6.45, 7) is 6.07. The summed E-state index contributed by atoms with van der Waals surface area (Å²) in [4.78, 5) is 0. The Bertz CT molecular complexity index is 553. The maximum absolute atomic E-state index is 14.1. The van der Waals surface area contributed by atoms with Gasteiger partial charge in [0, 0.05) is 12.0 Å². The fourth-order valence-corrected chi connectivity index (χ4v) is 2.88. The first-order valence-corrected chi connectivity index (χ1v) is 7.71. The van der Waals surface area contributed by atoms with Crippen molar-refractivity contribution in [2.24, 2.45) is 0 Å². The largest absolute Gasteiger partial charge is 0.316 e. The summed E-state index contributed by atoms with van der Waals surface area (Å²) in [5.41, 5.74) is 2.00. The van der Waals surface area contributed by atoms with Crippen LogP contribution in [-0.2, 0) is 11.8 Å². The first kappa shape index (κ1) is 15.7. The number of halogens is 1. The van der Waals surface area contributed by atoms with Gasteiger partial charge in [0.05, 0.1) is 0 Å². The second-order valence-corrected chi connectivity index (χ2v) is 5.55. The van der Waals surface area contributed by atoms with Gasteiger partial charge in [-0.15, -0.1) is 0 Å². The van der Waals surface area contributed by atoms with Crippen LogP contribution in [-0.4, -0.2) is 13.1 Å². The van der Waals surface area contributed by atoms with Crippen molar-refractivity contribution in [2.45, 2.75) is 32.1 Å². The number of likely N-dealkylation sites (N-methyl/N-ethyl adjacent to an activating group) is 1. The molecule has 2 rings (SSSR count). The molecule has 0 saturated heterocycles. The summed E-state index contributed by atoms with van der Waals surface area (Å²) in [7, 11) is 0. The van der Waals surface area contributed by atoms with Crippen molar-refractivity contribution in [2.75, 3.05) is 13.1 Å². The zero-order valence-electron chi connectivity index (χ0n) is 12.9. The molecule has 0 aromatic heterocycles. The maximum Gasteiger partial charge on any atom is 0.126 e. The van der Waals surface area contributed by atoms with Crippen LogP contribution in [0, 0.1) is 5.82 Å². The molecule has 2 aromatic rings. The normalized spacial score (nSPS) is 13.9. The SMILES string of the molecule is CCNCC(CC)(Cc1ccccc1F)c1ccccc1. The van der Waals surface area contributed by atoms with E-state index in [0.717, 1.165) is 25.1 Å². The molecule has 0 aliphatic carbocycles. The Morgan fingerprint density at radius 2 is 1.62 bits per heavy atom. The average Bonchev–Trinajstić information content (AvgIpc) is 2.54. The third-order valence-corrected chi connectivity index (χ3v) is 4.26. The summed E-state index contributed by atoms with van der Waals surface area (Å²) in [6, 6.07) is 17.6. The Morgan fingerprint density at radius 1 is 0.952 bits per heavy atom. The molecule has 0 saturated carbocycles. The number of hydrogen-bond donors (Lipinski definition) is 1. The van der Waals surface area contributed by atoms with E-state index in [9.17, 15) is 4.39 Å². The lowest BCUT2D eigenvalue weighted by atomic mass is 9.73. The molecular weight excluding hydrogens is 261 g/mol. The first-order chi connectivity index (χ1) is 10.2. The minimum Gasteiger partial charge on any atom is -0.316 e. The van der Waals surface area contributed by atoms with Gasteiger partial charge in [0.1, 0.15) is 5.82 Å². The van der Waals surface area contributed by atoms with Gasteiger partial charge in [-0.1, -0.05) is 62.4 Å². The van der Waals surface area contributed by atoms with Crippen LogP contribution in [0.4, 0.5) is 4.39 Å². The second-order valence-electron chi connectivity index (χ2n) is 5.55. The highest BCUT2D eigenvalue weighted by Crippen LogP contribution is 2.32. The molecule has 1 unspecified atom stereocenters. The van der Waals surface area contributed by atoms with Crippen molar-refractivity contribution >= 4 is 0 Å². The molecule has 0 aliphatic rings. The molecule has 2 heteroatoms. The van der Waals surface area contributed by atoms with Gasteiger partial charge >= 0.3 is 0 Å². The Labute approximate surface area is 127 Å². The van der Waals surface area contributed by atoms with E-state index in [1.807, 2.05) is 18.2 Å². The molecule has 1 nitrogen and oxygen atoms in total. The summed E-state index contributed by atoms with van der Waals surface area (Å²) in [5.74, 6) is -0.109. The van der Waals surface area contributed by atoms with Crippen LogP contribution >= 0.6 is 0 Å². The van der Waals surface area contributed by atoms with Gasteiger partial charge in [-0.3, -0.25) is 0 Å². The number of rotatable bonds is 7. The van der Waals surface area contributed by atoms with Crippen molar-refractivity contribution in [3.05, 3.63) is 71.5 Å². The van der Waals surface area contributed by atoms with Crippen molar-refractivity contribution < 1.29 is 4.39 Å². The topological polar surface area (TPSA) is 12.0 Å². The average molecular weight is 285 g/mol. The predicted octanol–water partition coefficient (Wildman–Crippen LogP) is 4.33. The fourth-order valence-electron chi connectivity index (χ4n) is 2.88. The van der Waals surface area contributed by atoms with Crippen molar-refractivity contribution in [3.8, 4) is 0 Å². The summed E-state index contributed by atoms with van der Waals surface area (Å²) >= 11 is 0. The third kappa shape index (κ3) is 3.70. The lowest BCUT2D eigenvalue weighted by Gasteiger charge is -2.34. The van der Waals surface area contributed by atoms with Gasteiger partial charge in [-0.05, 0) is 36.6 Å². The van der Waals surface area contributed by atoms with Crippen LogP contribution in [0.15, 0.2) is 54.6 Å². The Hall–Kier alpha value is -1.67. The van der Waals surface area contributed by atoms with E-state index < -0.39 is 0 Å². The van der Waals surface area contributed by atoms with Crippen molar-refractivity contribution in [3.63, 3.8) is 0 Å². The van der Waals surface area contributed by atoms with Gasteiger partial charge < -0.3 is 5.32 Å². The molecule has 1 atom stereocenters. The predicted molar refractivity (Wildman–Crippen MR) is 87.1 cm³/mol. The van der Waals surface area contributed by atoms with Crippen LogP contribution in [0.1, 0.15) is 31.4 Å². The lowest BCUT2D eigenvalue weighted by molar-refractivity contribution is 0.376. The summed E-state index contributed by atoms with van der Waals surface area (Å²) in [5, 5.41) is 3.46. The zero-order chi connectivity index (χ0) is 15.1. The smallest absolute Gasteiger partial charge is 0.126 e. The molecule has 2 aromatic carbocycles. The van der Waals surface area contributed by atoms with Gasteiger partial charge in [0.2, 0.25) is 0 Å². The number of nitrogens with one attached hydrogen (secondary N) is 1. The van der Waals surface area contributed by atoms with E-state index in [1.54, 1.807) is 12.1 Å². The van der Waals surface area contributed by atoms with Gasteiger partial charge in [-0.25, -0.2) is 4.39 Å². The Balaban J connectivity index is 2.38. The number of hydrogen-bond acceptors (Lipinski definition) is 1. The fraction of sp³-hybridized carbons (Fsp3) is 0.368. The third-order valence-electron chi connectivity index (χ3n) is 4.26. The van der Waals surface area contributed by atoms with E-state index in [0.29, 0.717) is 6.42 Å². The molecule has 0 bridgehead atoms. The molecule has 112 valence electrons. The molecule has 0 amide bonds. The van der Waals surface area contributed by atoms with Crippen LogP contribution in [0.25, 0.3) is 0 Å². The molecule has 21 heavy (non-hydrogen) atoms. The van der Waals surface area contributed by atoms with Crippen molar-refractivity contribution in [1.82, 2.24) is 5.32 Å². The maximum atomic E-state index is 14.1. The standard InChI is InChI=1S/C19H24FN/c1-3-19(15-21-4-2,17-11-6-5-7-12-17)14-16-10-8-9-13-18(16)20/h5-13,21H,3-4,14-15H2,1-2H3. The minimum absolute atomic E-state index is 0.0700. The van der Waals surface area contributed by atoms with E-state index in [1.165, 1.54) is 5.56 Å². The Kier molecular flexibility index (Phi) is 5.51. The molecule has 0 aliphatic heterocycles. The highest BCUT2D eigenvalue weighted by atomic mass is 19.1. The summed E-state index contributed by atoms with van der Waals surface area (Å²) < 4.78 is 14.1. The van der Waals surface area contributed by atoms with E-state index in [-0.39, 0.29) is 11.2 Å². The van der Waals surface area contributed by atoms with Crippen LogP contribution in [0.3, 0.4) is 0 Å². The Morgan fingerprint density at radius 3 is 2.24 bits per heavy atom. The van der Waals surface area contributed by atoms with Gasteiger partial charge in [0.25, 0.3) is 0 Å². The highest BCUT2D eigenvalue weighted by Gasteiger charge is 2.31.